The third-order valence-corrected chi connectivity index (χ3v) is 5.13. The van der Waals surface area contributed by atoms with Crippen molar-refractivity contribution in [3.8, 4) is 0 Å². The lowest BCUT2D eigenvalue weighted by molar-refractivity contribution is -0.132. The molecule has 1 aliphatic heterocycles. The van der Waals surface area contributed by atoms with Crippen molar-refractivity contribution in [2.75, 3.05) is 33.8 Å². The van der Waals surface area contributed by atoms with Crippen molar-refractivity contribution in [2.24, 2.45) is 10.4 Å². The summed E-state index contributed by atoms with van der Waals surface area (Å²) in [5, 5.41) is 16.2. The van der Waals surface area contributed by atoms with Gasteiger partial charge in [0.05, 0.1) is 0 Å². The van der Waals surface area contributed by atoms with Crippen LogP contribution in [0.1, 0.15) is 44.9 Å². The molecule has 2 fully saturated rings. The van der Waals surface area contributed by atoms with Gasteiger partial charge in [-0.15, -0.1) is 0 Å². The van der Waals surface area contributed by atoms with Crippen LogP contribution in [0.25, 0.3) is 0 Å². The van der Waals surface area contributed by atoms with Crippen LogP contribution in [-0.4, -0.2) is 61.7 Å². The number of hydrogen-bond acceptors (Lipinski definition) is 3. The summed E-state index contributed by atoms with van der Waals surface area (Å²) in [4.78, 5) is 17.6. The van der Waals surface area contributed by atoms with E-state index in [1.165, 1.54) is 25.7 Å². The number of likely N-dealkylation sites (N-methyl/N-ethyl adjacent to an activating group) is 1. The molecular formula is C16H30N4O2. The first kappa shape index (κ1) is 17.1. The van der Waals surface area contributed by atoms with E-state index in [1.54, 1.807) is 11.9 Å². The summed E-state index contributed by atoms with van der Waals surface area (Å²) >= 11 is 0. The summed E-state index contributed by atoms with van der Waals surface area (Å²) in [6.45, 7) is 1.83. The molecule has 1 saturated carbocycles. The summed E-state index contributed by atoms with van der Waals surface area (Å²) < 4.78 is 0. The normalized spacial score (nSPS) is 25.4. The van der Waals surface area contributed by atoms with Crippen LogP contribution >= 0.6 is 0 Å². The number of hydrogen-bond donors (Lipinski definition) is 3. The number of aliphatic hydroxyl groups excluding tert-OH is 1. The van der Waals surface area contributed by atoms with E-state index in [-0.39, 0.29) is 24.0 Å². The molecule has 126 valence electrons. The van der Waals surface area contributed by atoms with Gasteiger partial charge in [0.1, 0.15) is 0 Å². The highest BCUT2D eigenvalue weighted by molar-refractivity contribution is 5.81. The molecule has 0 radical (unpaired) electrons. The maximum atomic E-state index is 11.5. The molecule has 0 aromatic heterocycles. The van der Waals surface area contributed by atoms with E-state index in [9.17, 15) is 9.90 Å². The number of piperidine rings is 1. The molecule has 1 heterocycles. The first-order chi connectivity index (χ1) is 10.6. The molecule has 2 aliphatic rings. The molecule has 22 heavy (non-hydrogen) atoms. The number of aliphatic imine (C=N–C) groups is 1. The fraction of sp³-hybridized carbons (Fsp3) is 0.875. The second-order valence-corrected chi connectivity index (χ2v) is 6.76. The number of amides is 1. The van der Waals surface area contributed by atoms with Gasteiger partial charge in [0, 0.05) is 46.3 Å². The predicted molar refractivity (Wildman–Crippen MR) is 87.8 cm³/mol. The van der Waals surface area contributed by atoms with Crippen molar-refractivity contribution in [2.45, 2.75) is 51.0 Å². The molecule has 2 rings (SSSR count). The minimum Gasteiger partial charge on any atom is -0.396 e. The number of aliphatic hydroxyl groups is 1. The first-order valence-electron chi connectivity index (χ1n) is 8.40. The van der Waals surface area contributed by atoms with Crippen molar-refractivity contribution < 1.29 is 9.90 Å². The fourth-order valence-corrected chi connectivity index (χ4v) is 3.67. The van der Waals surface area contributed by atoms with Gasteiger partial charge in [-0.3, -0.25) is 9.79 Å². The number of nitrogens with zero attached hydrogens (tertiary/aromatic N) is 2. The summed E-state index contributed by atoms with van der Waals surface area (Å²) in [6.07, 6.45) is 7.17. The van der Waals surface area contributed by atoms with Crippen molar-refractivity contribution in [3.63, 3.8) is 0 Å². The highest BCUT2D eigenvalue weighted by Gasteiger charge is 2.33. The topological polar surface area (TPSA) is 77.0 Å². The molecule has 1 saturated heterocycles. The van der Waals surface area contributed by atoms with Crippen LogP contribution in [0.4, 0.5) is 0 Å². The summed E-state index contributed by atoms with van der Waals surface area (Å²) in [5.74, 6) is 1.02. The van der Waals surface area contributed by atoms with Crippen molar-refractivity contribution in [1.29, 1.82) is 0 Å². The largest absolute Gasteiger partial charge is 0.396 e. The Morgan fingerprint density at radius 2 is 2.18 bits per heavy atom. The monoisotopic (exact) mass is 310 g/mol. The number of likely N-dealkylation sites (tertiary alicyclic amines) is 1. The summed E-state index contributed by atoms with van der Waals surface area (Å²) in [6, 6.07) is 0.256. The molecule has 0 spiro atoms. The lowest BCUT2D eigenvalue weighted by Crippen LogP contribution is -2.53. The number of nitrogens with one attached hydrogen (secondary N) is 2. The van der Waals surface area contributed by atoms with Crippen LogP contribution in [0, 0.1) is 5.41 Å². The van der Waals surface area contributed by atoms with Crippen LogP contribution in [0.15, 0.2) is 4.99 Å². The second kappa shape index (κ2) is 7.81. The highest BCUT2D eigenvalue weighted by atomic mass is 16.3. The Bertz CT molecular complexity index is 405. The number of rotatable bonds is 5. The summed E-state index contributed by atoms with van der Waals surface area (Å²) in [5.41, 5.74) is 0.214. The van der Waals surface area contributed by atoms with E-state index in [4.69, 9.17) is 0 Å². The van der Waals surface area contributed by atoms with Crippen LogP contribution in [0.2, 0.25) is 0 Å². The van der Waals surface area contributed by atoms with Crippen LogP contribution in [0.5, 0.6) is 0 Å². The van der Waals surface area contributed by atoms with Gasteiger partial charge in [-0.2, -0.15) is 0 Å². The van der Waals surface area contributed by atoms with Crippen LogP contribution in [0.3, 0.4) is 0 Å². The zero-order valence-corrected chi connectivity index (χ0v) is 13.9. The molecule has 3 N–H and O–H groups in total. The van der Waals surface area contributed by atoms with Gasteiger partial charge in [0.25, 0.3) is 0 Å². The van der Waals surface area contributed by atoms with Crippen molar-refractivity contribution in [1.82, 2.24) is 15.5 Å². The average Bonchev–Trinajstić information content (AvgIpc) is 2.96. The zero-order chi connectivity index (χ0) is 16.0. The second-order valence-electron chi connectivity index (χ2n) is 6.76. The molecule has 0 aromatic carbocycles. The maximum absolute atomic E-state index is 11.5. The Morgan fingerprint density at radius 3 is 2.77 bits per heavy atom. The van der Waals surface area contributed by atoms with Crippen molar-refractivity contribution in [3.05, 3.63) is 0 Å². The molecule has 1 amide bonds. The summed E-state index contributed by atoms with van der Waals surface area (Å²) in [7, 11) is 3.63. The van der Waals surface area contributed by atoms with E-state index < -0.39 is 0 Å². The lowest BCUT2D eigenvalue weighted by atomic mass is 9.83. The van der Waals surface area contributed by atoms with E-state index >= 15 is 0 Å². The van der Waals surface area contributed by atoms with E-state index in [0.29, 0.717) is 6.42 Å². The number of carbonyl (C=O) groups is 1. The lowest BCUT2D eigenvalue weighted by Gasteiger charge is -2.33. The SMILES string of the molecule is CN=C(NCC1(CCO)CCCC1)NC1CCC(=O)N(C)C1. The Morgan fingerprint density at radius 1 is 1.45 bits per heavy atom. The molecule has 6 nitrogen and oxygen atoms in total. The van der Waals surface area contributed by atoms with Gasteiger partial charge in [-0.25, -0.2) is 0 Å². The van der Waals surface area contributed by atoms with Gasteiger partial charge in [0.15, 0.2) is 5.96 Å². The van der Waals surface area contributed by atoms with Crippen molar-refractivity contribution >= 4 is 11.9 Å². The molecular weight excluding hydrogens is 280 g/mol. The quantitative estimate of drug-likeness (QED) is 0.516. The maximum Gasteiger partial charge on any atom is 0.222 e. The van der Waals surface area contributed by atoms with Gasteiger partial charge < -0.3 is 20.6 Å². The highest BCUT2D eigenvalue weighted by Crippen LogP contribution is 2.40. The molecule has 0 aromatic rings. The number of carbonyl (C=O) groups excluding carboxylic acids is 1. The molecule has 6 heteroatoms. The average molecular weight is 310 g/mol. The third-order valence-electron chi connectivity index (χ3n) is 5.13. The smallest absolute Gasteiger partial charge is 0.222 e. The Labute approximate surface area is 133 Å². The minimum atomic E-state index is 0.214. The van der Waals surface area contributed by atoms with E-state index in [0.717, 1.165) is 31.9 Å². The molecule has 1 atom stereocenters. The van der Waals surface area contributed by atoms with Gasteiger partial charge in [-0.1, -0.05) is 12.8 Å². The standard InChI is InChI=1S/C16H30N4O2/c1-17-15(19-13-5-6-14(22)20(2)11-13)18-12-16(9-10-21)7-3-4-8-16/h13,21H,3-12H2,1-2H3,(H2,17,18,19). The molecule has 1 unspecified atom stereocenters. The minimum absolute atomic E-state index is 0.214. The van der Waals surface area contributed by atoms with Crippen LogP contribution < -0.4 is 10.6 Å². The Balaban J connectivity index is 1.83. The molecule has 1 aliphatic carbocycles. The third kappa shape index (κ3) is 4.35. The predicted octanol–water partition coefficient (Wildman–Crippen LogP) is 0.715. The first-order valence-corrected chi connectivity index (χ1v) is 8.40. The van der Waals surface area contributed by atoms with E-state index in [2.05, 4.69) is 15.6 Å². The fourth-order valence-electron chi connectivity index (χ4n) is 3.67. The molecule has 0 bridgehead atoms. The Kier molecular flexibility index (Phi) is 6.06. The van der Waals surface area contributed by atoms with Crippen LogP contribution in [-0.2, 0) is 4.79 Å². The number of guanidine groups is 1. The van der Waals surface area contributed by atoms with Gasteiger partial charge in [0.2, 0.25) is 5.91 Å². The van der Waals surface area contributed by atoms with Gasteiger partial charge >= 0.3 is 0 Å². The Hall–Kier alpha value is -1.30. The zero-order valence-electron chi connectivity index (χ0n) is 13.9. The van der Waals surface area contributed by atoms with E-state index in [1.807, 2.05) is 7.05 Å². The van der Waals surface area contributed by atoms with Gasteiger partial charge in [-0.05, 0) is 31.1 Å².